The molecule has 1 aliphatic rings. The van der Waals surface area contributed by atoms with Crippen molar-refractivity contribution in [3.05, 3.63) is 104 Å². The summed E-state index contributed by atoms with van der Waals surface area (Å²) < 4.78 is 6.45. The van der Waals surface area contributed by atoms with Crippen molar-refractivity contribution in [3.63, 3.8) is 0 Å². The SMILES string of the molecule is Cc1cn(CC(=O)N(c2cccc3c2CCCC3)C(/C=C/c2ccccc2)C(=O)NCCCCCCCCNC(=O)OC(C)(C)C)c(=O)[nH]c1=O. The molecular weight excluding hydrogens is 646 g/mol. The zero-order chi connectivity index (χ0) is 36.8. The Bertz CT molecular complexity index is 1770. The minimum atomic E-state index is -0.997. The van der Waals surface area contributed by atoms with E-state index in [0.717, 1.165) is 80.9 Å². The number of benzene rings is 2. The van der Waals surface area contributed by atoms with Gasteiger partial charge >= 0.3 is 11.8 Å². The van der Waals surface area contributed by atoms with E-state index in [1.807, 2.05) is 69.3 Å². The zero-order valence-electron chi connectivity index (χ0n) is 30.5. The molecule has 2 aromatic carbocycles. The molecule has 1 aliphatic carbocycles. The molecule has 0 saturated carbocycles. The van der Waals surface area contributed by atoms with Gasteiger partial charge in [-0.3, -0.25) is 28.8 Å². The maximum Gasteiger partial charge on any atom is 0.407 e. The lowest BCUT2D eigenvalue weighted by molar-refractivity contribution is -0.125. The third-order valence-electron chi connectivity index (χ3n) is 8.78. The summed E-state index contributed by atoms with van der Waals surface area (Å²) in [6, 6.07) is 14.5. The molecule has 4 rings (SSSR count). The van der Waals surface area contributed by atoms with Gasteiger partial charge in [-0.2, -0.15) is 0 Å². The fourth-order valence-corrected chi connectivity index (χ4v) is 6.22. The molecule has 51 heavy (non-hydrogen) atoms. The summed E-state index contributed by atoms with van der Waals surface area (Å²) in [4.78, 5) is 68.8. The molecule has 0 fully saturated rings. The van der Waals surface area contributed by atoms with Crippen LogP contribution in [0.3, 0.4) is 0 Å². The van der Waals surface area contributed by atoms with E-state index in [9.17, 15) is 24.0 Å². The van der Waals surface area contributed by atoms with Gasteiger partial charge in [-0.1, -0.05) is 80.3 Å². The standard InChI is InChI=1S/C40H53N5O6/c1-29-27-44(38(49)43-36(29)47)28-35(46)45(33-22-16-20-31-19-12-13-21-32(31)33)34(24-23-30-17-10-9-11-18-30)37(48)41-25-14-7-5-6-8-15-26-42-39(50)51-40(2,3)4/h9-11,16-18,20,22-24,27,34H,5-8,12-15,19,21,25-26,28H2,1-4H3,(H,41,48)(H,42,50)(H,43,47,49)/b24-23+. The van der Waals surface area contributed by atoms with Crippen LogP contribution < -0.4 is 26.8 Å². The van der Waals surface area contributed by atoms with Gasteiger partial charge in [0.05, 0.1) is 0 Å². The summed E-state index contributed by atoms with van der Waals surface area (Å²) >= 11 is 0. The number of nitrogens with one attached hydrogen (secondary N) is 3. The Labute approximate surface area is 300 Å². The summed E-state index contributed by atoms with van der Waals surface area (Å²) in [7, 11) is 0. The maximum atomic E-state index is 14.4. The number of aryl methyl sites for hydroxylation is 2. The summed E-state index contributed by atoms with van der Waals surface area (Å²) in [6.45, 7) is 7.75. The van der Waals surface area contributed by atoms with Gasteiger partial charge in [0, 0.05) is 30.5 Å². The Balaban J connectivity index is 1.47. The smallest absolute Gasteiger partial charge is 0.407 e. The second kappa shape index (κ2) is 18.9. The highest BCUT2D eigenvalue weighted by atomic mass is 16.6. The lowest BCUT2D eigenvalue weighted by atomic mass is 9.89. The predicted octanol–water partition coefficient (Wildman–Crippen LogP) is 5.82. The number of carbonyl (C=O) groups is 3. The number of H-pyrrole nitrogens is 1. The van der Waals surface area contributed by atoms with E-state index in [1.165, 1.54) is 15.7 Å². The van der Waals surface area contributed by atoms with Gasteiger partial charge < -0.3 is 15.4 Å². The van der Waals surface area contributed by atoms with Crippen molar-refractivity contribution in [1.29, 1.82) is 0 Å². The third-order valence-corrected chi connectivity index (χ3v) is 8.78. The summed E-state index contributed by atoms with van der Waals surface area (Å²) in [5, 5.41) is 5.86. The van der Waals surface area contributed by atoms with Crippen LogP contribution in [0.25, 0.3) is 6.08 Å². The molecule has 0 radical (unpaired) electrons. The van der Waals surface area contributed by atoms with Crippen LogP contribution in [0.15, 0.2) is 70.4 Å². The highest BCUT2D eigenvalue weighted by molar-refractivity contribution is 6.03. The van der Waals surface area contributed by atoms with Crippen LogP contribution in [-0.2, 0) is 33.7 Å². The molecule has 1 aromatic heterocycles. The van der Waals surface area contributed by atoms with Crippen molar-refractivity contribution in [2.75, 3.05) is 18.0 Å². The second-order valence-electron chi connectivity index (χ2n) is 14.1. The minimum absolute atomic E-state index is 0.307. The van der Waals surface area contributed by atoms with Crippen LogP contribution in [0.1, 0.15) is 94.4 Å². The van der Waals surface area contributed by atoms with Gasteiger partial charge in [-0.05, 0) is 89.0 Å². The summed E-state index contributed by atoms with van der Waals surface area (Å²) in [6.07, 6.45) is 13.8. The highest BCUT2D eigenvalue weighted by Crippen LogP contribution is 2.32. The number of aromatic nitrogens is 2. The first-order valence-corrected chi connectivity index (χ1v) is 18.1. The fourth-order valence-electron chi connectivity index (χ4n) is 6.22. The number of ether oxygens (including phenoxy) is 1. The zero-order valence-corrected chi connectivity index (χ0v) is 30.5. The van der Waals surface area contributed by atoms with E-state index >= 15 is 0 Å². The molecule has 0 spiro atoms. The Morgan fingerprint density at radius 2 is 1.57 bits per heavy atom. The molecule has 3 N–H and O–H groups in total. The van der Waals surface area contributed by atoms with Crippen LogP contribution in [0.2, 0.25) is 0 Å². The Morgan fingerprint density at radius 1 is 0.902 bits per heavy atom. The van der Waals surface area contributed by atoms with E-state index in [4.69, 9.17) is 4.74 Å². The number of nitrogens with zero attached hydrogens (tertiary/aromatic N) is 2. The molecule has 0 bridgehead atoms. The Hall–Kier alpha value is -4.93. The van der Waals surface area contributed by atoms with Crippen molar-refractivity contribution in [1.82, 2.24) is 20.2 Å². The Morgan fingerprint density at radius 3 is 2.27 bits per heavy atom. The quantitative estimate of drug-likeness (QED) is 0.161. The summed E-state index contributed by atoms with van der Waals surface area (Å²) in [5.41, 5.74) is 2.33. The predicted molar refractivity (Wildman–Crippen MR) is 201 cm³/mol. The molecule has 0 aliphatic heterocycles. The number of amides is 3. The molecule has 3 aromatic rings. The molecular formula is C40H53N5O6. The van der Waals surface area contributed by atoms with E-state index in [1.54, 1.807) is 13.0 Å². The van der Waals surface area contributed by atoms with E-state index in [0.29, 0.717) is 24.3 Å². The second-order valence-corrected chi connectivity index (χ2v) is 14.1. The molecule has 1 heterocycles. The van der Waals surface area contributed by atoms with Crippen molar-refractivity contribution in [2.24, 2.45) is 0 Å². The maximum absolute atomic E-state index is 14.4. The number of aromatic amines is 1. The molecule has 1 unspecified atom stereocenters. The normalized spacial score (nSPS) is 13.3. The number of hydrogen-bond donors (Lipinski definition) is 3. The number of unbranched alkanes of at least 4 members (excludes halogenated alkanes) is 5. The number of hydrogen-bond acceptors (Lipinski definition) is 6. The molecule has 0 saturated heterocycles. The Kier molecular flexibility index (Phi) is 14.4. The fraction of sp³-hybridized carbons (Fsp3) is 0.475. The highest BCUT2D eigenvalue weighted by Gasteiger charge is 2.32. The molecule has 274 valence electrons. The van der Waals surface area contributed by atoms with Gasteiger partial charge in [-0.25, -0.2) is 9.59 Å². The minimum Gasteiger partial charge on any atom is -0.444 e. The average Bonchev–Trinajstić information content (AvgIpc) is 3.09. The number of anilines is 1. The van der Waals surface area contributed by atoms with Gasteiger partial charge in [0.15, 0.2) is 0 Å². The largest absolute Gasteiger partial charge is 0.444 e. The van der Waals surface area contributed by atoms with Crippen LogP contribution in [0.5, 0.6) is 0 Å². The van der Waals surface area contributed by atoms with Gasteiger partial charge in [0.25, 0.3) is 5.56 Å². The van der Waals surface area contributed by atoms with Gasteiger partial charge in [0.2, 0.25) is 11.8 Å². The topological polar surface area (TPSA) is 143 Å². The van der Waals surface area contributed by atoms with E-state index in [2.05, 4.69) is 21.7 Å². The molecule has 3 amide bonds. The van der Waals surface area contributed by atoms with E-state index < -0.39 is 34.9 Å². The van der Waals surface area contributed by atoms with Gasteiger partial charge in [0.1, 0.15) is 18.2 Å². The first-order chi connectivity index (χ1) is 24.4. The van der Waals surface area contributed by atoms with E-state index in [-0.39, 0.29) is 12.5 Å². The number of rotatable bonds is 16. The van der Waals surface area contributed by atoms with Crippen molar-refractivity contribution < 1.29 is 19.1 Å². The van der Waals surface area contributed by atoms with Crippen molar-refractivity contribution >= 4 is 29.7 Å². The number of alkyl carbamates (subject to hydrolysis) is 1. The van der Waals surface area contributed by atoms with Crippen LogP contribution in [-0.4, -0.2) is 52.2 Å². The van der Waals surface area contributed by atoms with Crippen molar-refractivity contribution in [2.45, 2.75) is 110 Å². The number of fused-ring (bicyclic) bond motifs is 1. The first kappa shape index (κ1) is 38.9. The van der Waals surface area contributed by atoms with Crippen LogP contribution >= 0.6 is 0 Å². The molecule has 11 heteroatoms. The lowest BCUT2D eigenvalue weighted by Crippen LogP contribution is -2.51. The molecule has 1 atom stereocenters. The first-order valence-electron chi connectivity index (χ1n) is 18.1. The lowest BCUT2D eigenvalue weighted by Gasteiger charge is -2.33. The summed E-state index contributed by atoms with van der Waals surface area (Å²) in [5.74, 6) is -0.760. The monoisotopic (exact) mass is 699 g/mol. The average molecular weight is 700 g/mol. The third kappa shape index (κ3) is 12.1. The molecule has 11 nitrogen and oxygen atoms in total. The van der Waals surface area contributed by atoms with Crippen LogP contribution in [0.4, 0.5) is 10.5 Å². The van der Waals surface area contributed by atoms with Crippen LogP contribution in [0, 0.1) is 6.92 Å². The van der Waals surface area contributed by atoms with Gasteiger partial charge in [-0.15, -0.1) is 0 Å². The van der Waals surface area contributed by atoms with Crippen molar-refractivity contribution in [3.8, 4) is 0 Å². The number of carbonyl (C=O) groups excluding carboxylic acids is 3.